The third kappa shape index (κ3) is 4.99. The second-order valence-electron chi connectivity index (χ2n) is 10.6. The average Bonchev–Trinajstić information content (AvgIpc) is 3.70. The Labute approximate surface area is 249 Å². The SMILES string of the molecule is COc1ccc(-c2nnc(CSc3nnc(-c4cn5c6c(c(N7CCN(C)CC7)c(F)cc6c4=O)OC[C@@H]5C)o3)o2)cc1. The van der Waals surface area contributed by atoms with Gasteiger partial charge in [-0.15, -0.1) is 20.4 Å². The number of thioether (sulfide) groups is 1. The van der Waals surface area contributed by atoms with E-state index in [9.17, 15) is 4.79 Å². The second-order valence-corrected chi connectivity index (χ2v) is 11.5. The summed E-state index contributed by atoms with van der Waals surface area (Å²) in [5.41, 5.74) is 1.52. The van der Waals surface area contributed by atoms with Gasteiger partial charge >= 0.3 is 0 Å². The topological polar surface area (TPSA) is 125 Å². The van der Waals surface area contributed by atoms with Crippen LogP contribution in [0, 0.1) is 5.82 Å². The van der Waals surface area contributed by atoms with E-state index < -0.39 is 11.2 Å². The lowest BCUT2D eigenvalue weighted by Gasteiger charge is -2.37. The minimum atomic E-state index is -0.488. The number of nitrogens with zero attached hydrogens (tertiary/aromatic N) is 7. The van der Waals surface area contributed by atoms with Crippen molar-refractivity contribution in [2.75, 3.05) is 51.8 Å². The number of aromatic nitrogens is 5. The quantitative estimate of drug-likeness (QED) is 0.246. The highest BCUT2D eigenvalue weighted by atomic mass is 32.2. The molecule has 2 aliphatic rings. The lowest BCUT2D eigenvalue weighted by Crippen LogP contribution is -2.45. The van der Waals surface area contributed by atoms with Gasteiger partial charge in [-0.25, -0.2) is 4.39 Å². The lowest BCUT2D eigenvalue weighted by atomic mass is 10.1. The predicted molar refractivity (Wildman–Crippen MR) is 157 cm³/mol. The molecule has 0 aliphatic carbocycles. The van der Waals surface area contributed by atoms with E-state index in [4.69, 9.17) is 18.3 Å². The summed E-state index contributed by atoms with van der Waals surface area (Å²) in [6, 6.07) is 8.49. The summed E-state index contributed by atoms with van der Waals surface area (Å²) in [4.78, 5) is 17.9. The Hall–Kier alpha value is -4.43. The molecule has 222 valence electrons. The van der Waals surface area contributed by atoms with Gasteiger partial charge in [0.1, 0.15) is 23.6 Å². The average molecular weight is 606 g/mol. The number of rotatable bonds is 7. The number of hydrogen-bond acceptors (Lipinski definition) is 12. The summed E-state index contributed by atoms with van der Waals surface area (Å²) in [5, 5.41) is 16.9. The number of benzene rings is 2. The first-order valence-corrected chi connectivity index (χ1v) is 14.8. The van der Waals surface area contributed by atoms with Crippen LogP contribution in [0.2, 0.25) is 0 Å². The Morgan fingerprint density at radius 2 is 1.81 bits per heavy atom. The Morgan fingerprint density at radius 1 is 1.05 bits per heavy atom. The predicted octanol–water partition coefficient (Wildman–Crippen LogP) is 4.25. The smallest absolute Gasteiger partial charge is 0.277 e. The van der Waals surface area contributed by atoms with E-state index in [2.05, 4.69) is 25.3 Å². The third-order valence-corrected chi connectivity index (χ3v) is 8.52. The molecule has 0 spiro atoms. The molecular formula is C29H28FN7O5S. The molecule has 1 saturated heterocycles. The first kappa shape index (κ1) is 27.4. The van der Waals surface area contributed by atoms with Gasteiger partial charge in [-0.2, -0.15) is 0 Å². The van der Waals surface area contributed by atoms with Crippen LogP contribution in [0.15, 0.2) is 55.4 Å². The molecule has 2 aromatic carbocycles. The van der Waals surface area contributed by atoms with Gasteiger partial charge in [0.05, 0.1) is 29.8 Å². The highest BCUT2D eigenvalue weighted by Gasteiger charge is 2.31. The van der Waals surface area contributed by atoms with Crippen molar-refractivity contribution in [1.82, 2.24) is 29.9 Å². The van der Waals surface area contributed by atoms with E-state index >= 15 is 4.39 Å². The first-order chi connectivity index (χ1) is 20.9. The molecule has 0 amide bonds. The number of ether oxygens (including phenoxy) is 2. The van der Waals surface area contributed by atoms with Crippen LogP contribution < -0.4 is 19.8 Å². The number of hydrogen-bond donors (Lipinski definition) is 0. The minimum absolute atomic E-state index is 0.0476. The van der Waals surface area contributed by atoms with Crippen LogP contribution in [-0.2, 0) is 5.75 Å². The number of piperazine rings is 1. The summed E-state index contributed by atoms with van der Waals surface area (Å²) in [7, 11) is 3.64. The van der Waals surface area contributed by atoms with E-state index in [0.717, 1.165) is 24.4 Å². The van der Waals surface area contributed by atoms with E-state index in [-0.39, 0.29) is 33.9 Å². The van der Waals surface area contributed by atoms with Gasteiger partial charge in [0.25, 0.3) is 11.1 Å². The maximum absolute atomic E-state index is 15.7. The summed E-state index contributed by atoms with van der Waals surface area (Å²) >= 11 is 1.20. The molecule has 1 atom stereocenters. The molecule has 43 heavy (non-hydrogen) atoms. The molecule has 0 unspecified atom stereocenters. The van der Waals surface area contributed by atoms with E-state index in [0.29, 0.717) is 48.4 Å². The largest absolute Gasteiger partial charge is 0.497 e. The molecule has 12 nitrogen and oxygen atoms in total. The zero-order chi connectivity index (χ0) is 29.7. The molecular weight excluding hydrogens is 577 g/mol. The van der Waals surface area contributed by atoms with Crippen LogP contribution in [0.5, 0.6) is 11.5 Å². The zero-order valence-corrected chi connectivity index (χ0v) is 24.6. The maximum atomic E-state index is 15.7. The van der Waals surface area contributed by atoms with Gasteiger partial charge < -0.3 is 32.7 Å². The molecule has 5 aromatic rings. The summed E-state index contributed by atoms with van der Waals surface area (Å²) < 4.78 is 40.5. The molecule has 0 radical (unpaired) electrons. The molecule has 7 rings (SSSR count). The number of anilines is 1. The minimum Gasteiger partial charge on any atom is -0.497 e. The fraction of sp³-hybridized carbons (Fsp3) is 0.345. The van der Waals surface area contributed by atoms with Gasteiger partial charge in [0.2, 0.25) is 17.2 Å². The molecule has 2 aliphatic heterocycles. The van der Waals surface area contributed by atoms with Crippen LogP contribution in [0.25, 0.3) is 33.8 Å². The highest BCUT2D eigenvalue weighted by molar-refractivity contribution is 7.98. The van der Waals surface area contributed by atoms with Crippen LogP contribution in [0.4, 0.5) is 10.1 Å². The second kappa shape index (κ2) is 11.0. The van der Waals surface area contributed by atoms with Crippen LogP contribution in [-0.4, -0.2) is 76.8 Å². The standard InChI is InChI=1S/C29H28FN7O5S/c1-16-14-40-26-23-19(12-21(30)24(26)36-10-8-35(2)9-11-36)25(38)20(13-37(16)23)28-33-34-29(42-28)43-15-22-31-32-27(41-22)17-4-6-18(39-3)7-5-17/h4-7,12-13,16H,8-11,14-15H2,1-3H3/t16-/m0/s1. The Bertz CT molecular complexity index is 1860. The van der Waals surface area contributed by atoms with Crippen molar-refractivity contribution >= 4 is 28.4 Å². The van der Waals surface area contributed by atoms with Crippen molar-refractivity contribution in [2.45, 2.75) is 23.9 Å². The Kier molecular flexibility index (Phi) is 7.01. The van der Waals surface area contributed by atoms with E-state index in [1.165, 1.54) is 17.8 Å². The molecule has 0 bridgehead atoms. The monoisotopic (exact) mass is 605 g/mol. The number of halogens is 1. The summed E-state index contributed by atoms with van der Waals surface area (Å²) in [5.74, 6) is 1.72. The van der Waals surface area contributed by atoms with E-state index in [1.54, 1.807) is 13.3 Å². The number of pyridine rings is 1. The first-order valence-electron chi connectivity index (χ1n) is 13.8. The highest BCUT2D eigenvalue weighted by Crippen LogP contribution is 2.42. The van der Waals surface area contributed by atoms with Gasteiger partial charge in [-0.1, -0.05) is 11.8 Å². The van der Waals surface area contributed by atoms with Crippen molar-refractivity contribution in [1.29, 1.82) is 0 Å². The Morgan fingerprint density at radius 3 is 2.58 bits per heavy atom. The van der Waals surface area contributed by atoms with Crippen molar-refractivity contribution in [3.05, 3.63) is 58.5 Å². The van der Waals surface area contributed by atoms with Crippen molar-refractivity contribution in [3.63, 3.8) is 0 Å². The summed E-state index contributed by atoms with van der Waals surface area (Å²) in [6.45, 7) is 5.28. The van der Waals surface area contributed by atoms with Gasteiger partial charge in [-0.05, 0) is 44.3 Å². The normalized spacial score (nSPS) is 16.9. The lowest BCUT2D eigenvalue weighted by molar-refractivity contribution is 0.245. The van der Waals surface area contributed by atoms with Gasteiger partial charge in [0, 0.05) is 37.9 Å². The van der Waals surface area contributed by atoms with Crippen LogP contribution >= 0.6 is 11.8 Å². The Balaban J connectivity index is 1.16. The van der Waals surface area contributed by atoms with Crippen molar-refractivity contribution in [2.24, 2.45) is 0 Å². The van der Waals surface area contributed by atoms with Crippen LogP contribution in [0.3, 0.4) is 0 Å². The molecule has 3 aromatic heterocycles. The van der Waals surface area contributed by atoms with Gasteiger partial charge in [0.15, 0.2) is 11.6 Å². The fourth-order valence-corrected chi connectivity index (χ4v) is 5.95. The van der Waals surface area contributed by atoms with Crippen LogP contribution in [0.1, 0.15) is 18.9 Å². The molecule has 14 heteroatoms. The van der Waals surface area contributed by atoms with Crippen molar-refractivity contribution in [3.8, 4) is 34.4 Å². The molecule has 0 N–H and O–H groups in total. The molecule has 5 heterocycles. The van der Waals surface area contributed by atoms with E-state index in [1.807, 2.05) is 47.7 Å². The van der Waals surface area contributed by atoms with Crippen molar-refractivity contribution < 1.29 is 22.7 Å². The number of methoxy groups -OCH3 is 1. The fourth-order valence-electron chi connectivity index (χ4n) is 5.35. The van der Waals surface area contributed by atoms with Gasteiger partial charge in [-0.3, -0.25) is 4.79 Å². The zero-order valence-electron chi connectivity index (χ0n) is 23.7. The summed E-state index contributed by atoms with van der Waals surface area (Å²) in [6.07, 6.45) is 1.70. The number of likely N-dealkylation sites (N-methyl/N-ethyl adjacent to an activating group) is 1. The maximum Gasteiger partial charge on any atom is 0.277 e. The third-order valence-electron chi connectivity index (χ3n) is 7.72. The molecule has 0 saturated carbocycles. The molecule has 1 fully saturated rings.